The molecular weight excluding hydrogens is 292 g/mol. The first-order valence-corrected chi connectivity index (χ1v) is 8.80. The lowest BCUT2D eigenvalue weighted by Gasteiger charge is -2.16. The van der Waals surface area contributed by atoms with E-state index in [1.54, 1.807) is 11.3 Å². The molecule has 0 aliphatic rings. The highest BCUT2D eigenvalue weighted by Crippen LogP contribution is 2.19. The number of rotatable bonds is 8. The van der Waals surface area contributed by atoms with E-state index in [1.165, 1.54) is 15.4 Å². The zero-order chi connectivity index (χ0) is 15.9. The van der Waals surface area contributed by atoms with Crippen LogP contribution < -0.4 is 5.32 Å². The number of thiazole rings is 1. The van der Waals surface area contributed by atoms with Crippen LogP contribution in [0.1, 0.15) is 47.8 Å². The summed E-state index contributed by atoms with van der Waals surface area (Å²) in [5.74, 6) is 0.634. The molecule has 2 rings (SSSR count). The monoisotopic (exact) mass is 318 g/mol. The lowest BCUT2D eigenvalue weighted by atomic mass is 10.0. The van der Waals surface area contributed by atoms with Crippen molar-refractivity contribution in [2.24, 2.45) is 5.92 Å². The molecule has 0 aliphatic carbocycles. The largest absolute Gasteiger partial charge is 0.394 e. The SMILES string of the molecule is CCc1ccc(C(CO)NCc2cnc(CC(C)C)s2)cc1. The lowest BCUT2D eigenvalue weighted by molar-refractivity contribution is 0.244. The molecule has 22 heavy (non-hydrogen) atoms. The molecule has 0 radical (unpaired) electrons. The van der Waals surface area contributed by atoms with Gasteiger partial charge in [-0.05, 0) is 23.5 Å². The van der Waals surface area contributed by atoms with Crippen molar-refractivity contribution in [3.8, 4) is 0 Å². The Labute approximate surface area is 137 Å². The Balaban J connectivity index is 1.93. The lowest BCUT2D eigenvalue weighted by Crippen LogP contribution is -2.23. The second kappa shape index (κ2) is 8.42. The van der Waals surface area contributed by atoms with Crippen LogP contribution in [0.5, 0.6) is 0 Å². The summed E-state index contributed by atoms with van der Waals surface area (Å²) in [5.41, 5.74) is 2.45. The molecule has 1 unspecified atom stereocenters. The minimum atomic E-state index is -0.0263. The predicted octanol–water partition coefficient (Wildman–Crippen LogP) is 3.73. The van der Waals surface area contributed by atoms with Gasteiger partial charge in [0.05, 0.1) is 17.7 Å². The summed E-state index contributed by atoms with van der Waals surface area (Å²) in [6, 6.07) is 8.44. The Morgan fingerprint density at radius 2 is 1.95 bits per heavy atom. The average molecular weight is 318 g/mol. The van der Waals surface area contributed by atoms with Crippen molar-refractivity contribution in [1.82, 2.24) is 10.3 Å². The first kappa shape index (κ1) is 17.1. The third-order valence-electron chi connectivity index (χ3n) is 3.68. The smallest absolute Gasteiger partial charge is 0.0930 e. The number of benzene rings is 1. The van der Waals surface area contributed by atoms with Gasteiger partial charge in [-0.2, -0.15) is 0 Å². The van der Waals surface area contributed by atoms with Crippen LogP contribution in [-0.2, 0) is 19.4 Å². The topological polar surface area (TPSA) is 45.1 Å². The van der Waals surface area contributed by atoms with E-state index in [2.05, 4.69) is 55.3 Å². The van der Waals surface area contributed by atoms with Gasteiger partial charge in [0, 0.05) is 24.0 Å². The molecule has 2 N–H and O–H groups in total. The molecule has 0 aliphatic heterocycles. The summed E-state index contributed by atoms with van der Waals surface area (Å²) < 4.78 is 0. The van der Waals surface area contributed by atoms with Crippen LogP contribution >= 0.6 is 11.3 Å². The van der Waals surface area contributed by atoms with E-state index in [0.717, 1.165) is 24.9 Å². The normalized spacial score (nSPS) is 12.8. The second-order valence-electron chi connectivity index (χ2n) is 6.03. The van der Waals surface area contributed by atoms with Gasteiger partial charge in [-0.15, -0.1) is 11.3 Å². The minimum absolute atomic E-state index is 0.0263. The highest BCUT2D eigenvalue weighted by Gasteiger charge is 2.11. The maximum absolute atomic E-state index is 9.63. The molecule has 0 bridgehead atoms. The molecule has 2 aromatic rings. The van der Waals surface area contributed by atoms with Crippen LogP contribution in [0.2, 0.25) is 0 Å². The molecule has 0 amide bonds. The fraction of sp³-hybridized carbons (Fsp3) is 0.500. The Hall–Kier alpha value is -1.23. The third-order valence-corrected chi connectivity index (χ3v) is 4.70. The summed E-state index contributed by atoms with van der Waals surface area (Å²) in [5, 5.41) is 14.3. The summed E-state index contributed by atoms with van der Waals surface area (Å²) in [6.07, 6.45) is 4.02. The van der Waals surface area contributed by atoms with E-state index in [1.807, 2.05) is 6.20 Å². The molecule has 4 heteroatoms. The minimum Gasteiger partial charge on any atom is -0.394 e. The Kier molecular flexibility index (Phi) is 6.55. The molecule has 1 atom stereocenters. The van der Waals surface area contributed by atoms with Crippen molar-refractivity contribution < 1.29 is 5.11 Å². The van der Waals surface area contributed by atoms with Crippen molar-refractivity contribution in [2.45, 2.75) is 46.2 Å². The van der Waals surface area contributed by atoms with Crippen LogP contribution in [-0.4, -0.2) is 16.7 Å². The van der Waals surface area contributed by atoms with Gasteiger partial charge < -0.3 is 10.4 Å². The number of aliphatic hydroxyl groups is 1. The van der Waals surface area contributed by atoms with Crippen molar-refractivity contribution >= 4 is 11.3 Å². The number of aliphatic hydroxyl groups excluding tert-OH is 1. The molecule has 0 saturated carbocycles. The first-order valence-electron chi connectivity index (χ1n) is 7.99. The number of nitrogens with one attached hydrogen (secondary N) is 1. The standard InChI is InChI=1S/C18H26N2OS/c1-4-14-5-7-15(8-6-14)17(12-21)19-10-16-11-20-18(22-16)9-13(2)3/h5-8,11,13,17,19,21H,4,9-10,12H2,1-3H3. The van der Waals surface area contributed by atoms with E-state index >= 15 is 0 Å². The average Bonchev–Trinajstić information content (AvgIpc) is 2.95. The van der Waals surface area contributed by atoms with Crippen molar-refractivity contribution in [3.63, 3.8) is 0 Å². The van der Waals surface area contributed by atoms with E-state index < -0.39 is 0 Å². The fourth-order valence-electron chi connectivity index (χ4n) is 2.37. The zero-order valence-electron chi connectivity index (χ0n) is 13.7. The Morgan fingerprint density at radius 3 is 2.55 bits per heavy atom. The molecule has 1 heterocycles. The van der Waals surface area contributed by atoms with Gasteiger partial charge in [0.1, 0.15) is 0 Å². The van der Waals surface area contributed by atoms with E-state index in [0.29, 0.717) is 5.92 Å². The summed E-state index contributed by atoms with van der Waals surface area (Å²) >= 11 is 1.76. The Morgan fingerprint density at radius 1 is 1.23 bits per heavy atom. The Bertz CT molecular complexity index is 563. The van der Waals surface area contributed by atoms with Crippen LogP contribution in [0, 0.1) is 5.92 Å². The maximum Gasteiger partial charge on any atom is 0.0930 e. The summed E-state index contributed by atoms with van der Waals surface area (Å²) in [6.45, 7) is 7.41. The summed E-state index contributed by atoms with van der Waals surface area (Å²) in [7, 11) is 0. The van der Waals surface area contributed by atoms with Gasteiger partial charge >= 0.3 is 0 Å². The highest BCUT2D eigenvalue weighted by atomic mass is 32.1. The molecule has 120 valence electrons. The van der Waals surface area contributed by atoms with Crippen LogP contribution in [0.4, 0.5) is 0 Å². The molecule has 1 aromatic heterocycles. The van der Waals surface area contributed by atoms with Gasteiger partial charge in [-0.3, -0.25) is 0 Å². The zero-order valence-corrected chi connectivity index (χ0v) is 14.5. The highest BCUT2D eigenvalue weighted by molar-refractivity contribution is 7.11. The third kappa shape index (κ3) is 4.90. The molecule has 1 aromatic carbocycles. The maximum atomic E-state index is 9.63. The fourth-order valence-corrected chi connectivity index (χ4v) is 3.46. The molecule has 0 fully saturated rings. The molecule has 0 saturated heterocycles. The number of aryl methyl sites for hydroxylation is 1. The van der Waals surface area contributed by atoms with E-state index in [-0.39, 0.29) is 12.6 Å². The predicted molar refractivity (Wildman–Crippen MR) is 93.1 cm³/mol. The van der Waals surface area contributed by atoms with Gasteiger partial charge in [-0.1, -0.05) is 45.0 Å². The number of hydrogen-bond donors (Lipinski definition) is 2. The van der Waals surface area contributed by atoms with Gasteiger partial charge in [0.25, 0.3) is 0 Å². The van der Waals surface area contributed by atoms with E-state index in [4.69, 9.17) is 0 Å². The van der Waals surface area contributed by atoms with Crippen LogP contribution in [0.15, 0.2) is 30.5 Å². The van der Waals surface area contributed by atoms with Crippen LogP contribution in [0.3, 0.4) is 0 Å². The van der Waals surface area contributed by atoms with Gasteiger partial charge in [-0.25, -0.2) is 4.98 Å². The second-order valence-corrected chi connectivity index (χ2v) is 7.23. The molecular formula is C18H26N2OS. The number of aromatic nitrogens is 1. The number of hydrogen-bond acceptors (Lipinski definition) is 4. The van der Waals surface area contributed by atoms with Crippen molar-refractivity contribution in [1.29, 1.82) is 0 Å². The van der Waals surface area contributed by atoms with Crippen LogP contribution in [0.25, 0.3) is 0 Å². The van der Waals surface area contributed by atoms with Gasteiger partial charge in [0.15, 0.2) is 0 Å². The number of nitrogens with zero attached hydrogens (tertiary/aromatic N) is 1. The van der Waals surface area contributed by atoms with Crippen molar-refractivity contribution in [3.05, 3.63) is 51.5 Å². The summed E-state index contributed by atoms with van der Waals surface area (Å²) in [4.78, 5) is 5.69. The molecule has 0 spiro atoms. The van der Waals surface area contributed by atoms with Crippen molar-refractivity contribution in [2.75, 3.05) is 6.61 Å². The first-order chi connectivity index (χ1) is 10.6. The van der Waals surface area contributed by atoms with E-state index in [9.17, 15) is 5.11 Å². The molecule has 3 nitrogen and oxygen atoms in total. The van der Waals surface area contributed by atoms with Gasteiger partial charge in [0.2, 0.25) is 0 Å². The quantitative estimate of drug-likeness (QED) is 0.779.